The second kappa shape index (κ2) is 7.98. The van der Waals surface area contributed by atoms with Crippen molar-refractivity contribution in [1.82, 2.24) is 4.72 Å². The maximum Gasteiger partial charge on any atom is 0.324 e. The number of sulfonamides is 1. The molecular formula is C16H15Cl2NO4S. The van der Waals surface area contributed by atoms with Gasteiger partial charge in [0.25, 0.3) is 0 Å². The van der Waals surface area contributed by atoms with E-state index in [0.717, 1.165) is 5.56 Å². The number of benzene rings is 2. The number of hydrogen-bond acceptors (Lipinski definition) is 4. The highest BCUT2D eigenvalue weighted by molar-refractivity contribution is 7.89. The van der Waals surface area contributed by atoms with Crippen molar-refractivity contribution >= 4 is 39.2 Å². The molecule has 1 N–H and O–H groups in total. The fraction of sp³-hybridized carbons (Fsp3) is 0.188. The molecule has 2 rings (SSSR count). The average molecular weight is 388 g/mol. The molecule has 0 spiro atoms. The van der Waals surface area contributed by atoms with Gasteiger partial charge in [0, 0.05) is 0 Å². The highest BCUT2D eigenvalue weighted by atomic mass is 35.5. The zero-order valence-electron chi connectivity index (χ0n) is 12.7. The third-order valence-corrected chi connectivity index (χ3v) is 5.48. The zero-order valence-corrected chi connectivity index (χ0v) is 15.0. The molecule has 0 heterocycles. The number of halogens is 2. The van der Waals surface area contributed by atoms with Gasteiger partial charge in [-0.05, 0) is 30.2 Å². The Morgan fingerprint density at radius 3 is 2.38 bits per heavy atom. The highest BCUT2D eigenvalue weighted by Crippen LogP contribution is 2.25. The van der Waals surface area contributed by atoms with Crippen LogP contribution in [0.25, 0.3) is 0 Å². The molecule has 128 valence electrons. The van der Waals surface area contributed by atoms with Gasteiger partial charge in [-0.15, -0.1) is 0 Å². The lowest BCUT2D eigenvalue weighted by Gasteiger charge is -2.17. The Bertz CT molecular complexity index is 825. The topological polar surface area (TPSA) is 72.5 Å². The largest absolute Gasteiger partial charge is 0.468 e. The summed E-state index contributed by atoms with van der Waals surface area (Å²) in [6, 6.07) is 11.9. The van der Waals surface area contributed by atoms with Gasteiger partial charge in [0.05, 0.1) is 22.1 Å². The van der Waals surface area contributed by atoms with Crippen molar-refractivity contribution in [3.63, 3.8) is 0 Å². The van der Waals surface area contributed by atoms with Gasteiger partial charge in [0.15, 0.2) is 0 Å². The van der Waals surface area contributed by atoms with E-state index in [0.29, 0.717) is 0 Å². The maximum absolute atomic E-state index is 12.5. The van der Waals surface area contributed by atoms with Crippen LogP contribution in [-0.4, -0.2) is 27.5 Å². The predicted octanol–water partition coefficient (Wildman–Crippen LogP) is 3.06. The van der Waals surface area contributed by atoms with Crippen molar-refractivity contribution < 1.29 is 17.9 Å². The smallest absolute Gasteiger partial charge is 0.324 e. The molecule has 5 nitrogen and oxygen atoms in total. The Morgan fingerprint density at radius 1 is 1.12 bits per heavy atom. The van der Waals surface area contributed by atoms with Gasteiger partial charge < -0.3 is 4.74 Å². The van der Waals surface area contributed by atoms with E-state index in [-0.39, 0.29) is 21.4 Å². The summed E-state index contributed by atoms with van der Waals surface area (Å²) in [7, 11) is -2.77. The van der Waals surface area contributed by atoms with Crippen LogP contribution in [0.2, 0.25) is 10.0 Å². The summed E-state index contributed by atoms with van der Waals surface area (Å²) < 4.78 is 32.0. The van der Waals surface area contributed by atoms with E-state index in [1.165, 1.54) is 25.3 Å². The molecule has 0 saturated carbocycles. The van der Waals surface area contributed by atoms with Crippen LogP contribution in [0, 0.1) is 0 Å². The molecule has 8 heteroatoms. The first kappa shape index (κ1) is 18.7. The lowest BCUT2D eigenvalue weighted by atomic mass is 10.1. The molecule has 0 saturated heterocycles. The lowest BCUT2D eigenvalue weighted by molar-refractivity contribution is -0.142. The minimum atomic E-state index is -3.97. The molecule has 0 amide bonds. The summed E-state index contributed by atoms with van der Waals surface area (Å²) in [6.45, 7) is 0. The Labute approximate surface area is 150 Å². The first-order valence-electron chi connectivity index (χ1n) is 6.92. The molecule has 24 heavy (non-hydrogen) atoms. The molecule has 0 radical (unpaired) electrons. The van der Waals surface area contributed by atoms with Crippen molar-refractivity contribution in [1.29, 1.82) is 0 Å². The van der Waals surface area contributed by atoms with E-state index in [2.05, 4.69) is 4.72 Å². The number of hydrogen-bond donors (Lipinski definition) is 1. The van der Waals surface area contributed by atoms with E-state index >= 15 is 0 Å². The molecule has 1 atom stereocenters. The minimum Gasteiger partial charge on any atom is -0.468 e. The van der Waals surface area contributed by atoms with Gasteiger partial charge in [-0.3, -0.25) is 4.79 Å². The third kappa shape index (κ3) is 4.70. The van der Waals surface area contributed by atoms with E-state index in [9.17, 15) is 13.2 Å². The number of esters is 1. The molecule has 0 aliphatic carbocycles. The van der Waals surface area contributed by atoms with Crippen molar-refractivity contribution in [3.8, 4) is 0 Å². The first-order valence-corrected chi connectivity index (χ1v) is 9.16. The SMILES string of the molecule is COC(=O)C(Cc1ccccc1)NS(=O)(=O)c1ccc(Cl)c(Cl)c1. The Hall–Kier alpha value is -1.60. The molecular weight excluding hydrogens is 373 g/mol. The van der Waals surface area contributed by atoms with Crippen molar-refractivity contribution in [3.05, 3.63) is 64.1 Å². The predicted molar refractivity (Wildman–Crippen MR) is 92.7 cm³/mol. The first-order chi connectivity index (χ1) is 11.3. The summed E-state index contributed by atoms with van der Waals surface area (Å²) in [4.78, 5) is 11.9. The number of ether oxygens (including phenoxy) is 1. The quantitative estimate of drug-likeness (QED) is 0.773. The second-order valence-electron chi connectivity index (χ2n) is 4.96. The Morgan fingerprint density at radius 2 is 1.79 bits per heavy atom. The molecule has 0 aromatic heterocycles. The Kier molecular flexibility index (Phi) is 6.23. The number of methoxy groups -OCH3 is 1. The molecule has 2 aromatic carbocycles. The molecule has 2 aromatic rings. The monoisotopic (exact) mass is 387 g/mol. The Balaban J connectivity index is 2.27. The van der Waals surface area contributed by atoms with Crippen LogP contribution in [0.5, 0.6) is 0 Å². The van der Waals surface area contributed by atoms with Crippen LogP contribution < -0.4 is 4.72 Å². The number of carbonyl (C=O) groups excluding carboxylic acids is 1. The van der Waals surface area contributed by atoms with Gasteiger partial charge in [0.1, 0.15) is 6.04 Å². The number of rotatable bonds is 6. The normalized spacial score (nSPS) is 12.6. The van der Waals surface area contributed by atoms with Crippen molar-refractivity contribution in [2.24, 2.45) is 0 Å². The molecule has 1 unspecified atom stereocenters. The summed E-state index contributed by atoms with van der Waals surface area (Å²) in [5.41, 5.74) is 0.796. The fourth-order valence-corrected chi connectivity index (χ4v) is 3.64. The summed E-state index contributed by atoms with van der Waals surface area (Å²) in [5.74, 6) is -0.678. The zero-order chi connectivity index (χ0) is 17.7. The van der Waals surface area contributed by atoms with E-state index in [1.54, 1.807) is 24.3 Å². The van der Waals surface area contributed by atoms with E-state index < -0.39 is 22.0 Å². The summed E-state index contributed by atoms with van der Waals surface area (Å²) >= 11 is 11.7. The van der Waals surface area contributed by atoms with Gasteiger partial charge in [0.2, 0.25) is 10.0 Å². The summed E-state index contributed by atoms with van der Waals surface area (Å²) in [5, 5.41) is 0.349. The van der Waals surface area contributed by atoms with Gasteiger partial charge in [-0.25, -0.2) is 8.42 Å². The molecule has 0 aliphatic heterocycles. The van der Waals surface area contributed by atoms with Crippen LogP contribution in [0.15, 0.2) is 53.4 Å². The fourth-order valence-electron chi connectivity index (χ4n) is 2.06. The second-order valence-corrected chi connectivity index (χ2v) is 7.49. The van der Waals surface area contributed by atoms with Crippen LogP contribution in [0.4, 0.5) is 0 Å². The highest BCUT2D eigenvalue weighted by Gasteiger charge is 2.27. The number of carbonyl (C=O) groups is 1. The van der Waals surface area contributed by atoms with Gasteiger partial charge >= 0.3 is 5.97 Å². The van der Waals surface area contributed by atoms with Crippen LogP contribution in [0.1, 0.15) is 5.56 Å². The molecule has 0 aliphatic rings. The van der Waals surface area contributed by atoms with E-state index in [4.69, 9.17) is 27.9 Å². The van der Waals surface area contributed by atoms with Crippen LogP contribution in [-0.2, 0) is 26.0 Å². The maximum atomic E-state index is 12.5. The molecule has 0 bridgehead atoms. The third-order valence-electron chi connectivity index (χ3n) is 3.27. The average Bonchev–Trinajstić information content (AvgIpc) is 2.56. The van der Waals surface area contributed by atoms with Crippen molar-refractivity contribution in [2.75, 3.05) is 7.11 Å². The van der Waals surface area contributed by atoms with Gasteiger partial charge in [-0.2, -0.15) is 4.72 Å². The standard InChI is InChI=1S/C16H15Cl2NO4S/c1-23-16(20)15(9-11-5-3-2-4-6-11)19-24(21,22)12-7-8-13(17)14(18)10-12/h2-8,10,15,19H,9H2,1H3. The summed E-state index contributed by atoms with van der Waals surface area (Å²) in [6.07, 6.45) is 0.161. The van der Waals surface area contributed by atoms with E-state index in [1.807, 2.05) is 6.07 Å². The van der Waals surface area contributed by atoms with Crippen LogP contribution >= 0.6 is 23.2 Å². The van der Waals surface area contributed by atoms with Gasteiger partial charge in [-0.1, -0.05) is 53.5 Å². The van der Waals surface area contributed by atoms with Crippen LogP contribution in [0.3, 0.4) is 0 Å². The molecule has 0 fully saturated rings. The van der Waals surface area contributed by atoms with Crippen molar-refractivity contribution in [2.45, 2.75) is 17.4 Å². The number of nitrogens with one attached hydrogen (secondary N) is 1. The lowest BCUT2D eigenvalue weighted by Crippen LogP contribution is -2.42. The minimum absolute atomic E-state index is 0.0844.